The van der Waals surface area contributed by atoms with Crippen molar-refractivity contribution in [3.63, 3.8) is 0 Å². The minimum Gasteiger partial charge on any atom is -0.398 e. The highest BCUT2D eigenvalue weighted by Gasteiger charge is 2.11. The summed E-state index contributed by atoms with van der Waals surface area (Å²) in [6.45, 7) is 0. The molecule has 6 heteroatoms. The minimum absolute atomic E-state index is 0.00926. The van der Waals surface area contributed by atoms with Crippen LogP contribution in [0.3, 0.4) is 0 Å². The van der Waals surface area contributed by atoms with E-state index in [0.29, 0.717) is 16.1 Å². The standard InChI is InChI=1S/C13H10BrF2NOS/c14-9-1-2-12(17)13(5-9)19(18)7-8-3-10(15)6-11(16)4-8/h1-6H,7,17H2. The van der Waals surface area contributed by atoms with Crippen molar-refractivity contribution in [2.24, 2.45) is 0 Å². The first-order chi connectivity index (χ1) is 8.95. The first-order valence-corrected chi connectivity index (χ1v) is 7.45. The number of hydrogen-bond donors (Lipinski definition) is 1. The summed E-state index contributed by atoms with van der Waals surface area (Å²) in [7, 11) is -1.46. The molecule has 0 aliphatic heterocycles. The van der Waals surface area contributed by atoms with Crippen molar-refractivity contribution in [3.05, 3.63) is 58.1 Å². The molecule has 0 saturated heterocycles. The second-order valence-corrected chi connectivity index (χ2v) is 6.28. The van der Waals surface area contributed by atoms with Gasteiger partial charge in [0.15, 0.2) is 0 Å². The highest BCUT2D eigenvalue weighted by Crippen LogP contribution is 2.24. The van der Waals surface area contributed by atoms with Gasteiger partial charge in [0.05, 0.1) is 21.4 Å². The van der Waals surface area contributed by atoms with Crippen molar-refractivity contribution in [2.45, 2.75) is 10.6 Å². The molecular weight excluding hydrogens is 336 g/mol. The van der Waals surface area contributed by atoms with E-state index in [1.165, 1.54) is 0 Å². The van der Waals surface area contributed by atoms with Crippen LogP contribution in [0, 0.1) is 11.6 Å². The van der Waals surface area contributed by atoms with Crippen LogP contribution in [0.2, 0.25) is 0 Å². The van der Waals surface area contributed by atoms with E-state index in [1.54, 1.807) is 18.2 Å². The third-order valence-electron chi connectivity index (χ3n) is 2.44. The van der Waals surface area contributed by atoms with E-state index in [0.717, 1.165) is 22.7 Å². The number of nitrogen functional groups attached to an aromatic ring is 1. The molecule has 1 unspecified atom stereocenters. The fraction of sp³-hybridized carbons (Fsp3) is 0.0769. The van der Waals surface area contributed by atoms with Gasteiger partial charge in [0.1, 0.15) is 11.6 Å². The zero-order valence-electron chi connectivity index (χ0n) is 9.70. The number of rotatable bonds is 3. The van der Waals surface area contributed by atoms with Crippen LogP contribution in [0.25, 0.3) is 0 Å². The fourth-order valence-corrected chi connectivity index (χ4v) is 3.36. The summed E-state index contributed by atoms with van der Waals surface area (Å²) >= 11 is 3.26. The first-order valence-electron chi connectivity index (χ1n) is 5.34. The largest absolute Gasteiger partial charge is 0.398 e. The summed E-state index contributed by atoms with van der Waals surface area (Å²) < 4.78 is 39.0. The summed E-state index contributed by atoms with van der Waals surface area (Å²) in [6.07, 6.45) is 0. The number of benzene rings is 2. The zero-order valence-corrected chi connectivity index (χ0v) is 12.1. The molecule has 0 aliphatic carbocycles. The van der Waals surface area contributed by atoms with Crippen molar-refractivity contribution in [3.8, 4) is 0 Å². The molecular formula is C13H10BrF2NOS. The van der Waals surface area contributed by atoms with E-state index in [1.807, 2.05) is 0 Å². The highest BCUT2D eigenvalue weighted by atomic mass is 79.9. The molecule has 0 spiro atoms. The van der Waals surface area contributed by atoms with Crippen LogP contribution in [-0.2, 0) is 16.6 Å². The van der Waals surface area contributed by atoms with E-state index < -0.39 is 22.4 Å². The number of anilines is 1. The molecule has 1 atom stereocenters. The first kappa shape index (κ1) is 14.1. The Morgan fingerprint density at radius 2 is 1.74 bits per heavy atom. The number of hydrogen-bond acceptors (Lipinski definition) is 2. The van der Waals surface area contributed by atoms with Gasteiger partial charge in [-0.1, -0.05) is 15.9 Å². The van der Waals surface area contributed by atoms with Crippen LogP contribution in [0.5, 0.6) is 0 Å². The molecule has 0 radical (unpaired) electrons. The molecule has 100 valence electrons. The second kappa shape index (κ2) is 5.79. The van der Waals surface area contributed by atoms with Crippen molar-refractivity contribution in [2.75, 3.05) is 5.73 Å². The van der Waals surface area contributed by atoms with Crippen LogP contribution in [-0.4, -0.2) is 4.21 Å². The van der Waals surface area contributed by atoms with Gasteiger partial charge in [-0.15, -0.1) is 0 Å². The molecule has 0 fully saturated rings. The van der Waals surface area contributed by atoms with Crippen LogP contribution >= 0.6 is 15.9 Å². The molecule has 0 aliphatic rings. The maximum absolute atomic E-state index is 13.1. The quantitative estimate of drug-likeness (QED) is 0.863. The molecule has 2 N–H and O–H groups in total. The van der Waals surface area contributed by atoms with Crippen LogP contribution in [0.15, 0.2) is 45.8 Å². The van der Waals surface area contributed by atoms with Gasteiger partial charge in [-0.25, -0.2) is 8.78 Å². The van der Waals surface area contributed by atoms with E-state index in [2.05, 4.69) is 15.9 Å². The van der Waals surface area contributed by atoms with Gasteiger partial charge >= 0.3 is 0 Å². The van der Waals surface area contributed by atoms with Crippen LogP contribution in [0.4, 0.5) is 14.5 Å². The van der Waals surface area contributed by atoms with Crippen LogP contribution in [0.1, 0.15) is 5.56 Å². The number of halogens is 3. The Hall–Kier alpha value is -1.27. The molecule has 0 amide bonds. The SMILES string of the molecule is Nc1ccc(Br)cc1S(=O)Cc1cc(F)cc(F)c1. The molecule has 2 aromatic rings. The Bertz CT molecular complexity index is 628. The lowest BCUT2D eigenvalue weighted by Gasteiger charge is -2.07. The second-order valence-electron chi connectivity index (χ2n) is 3.95. The predicted molar refractivity (Wildman–Crippen MR) is 75.0 cm³/mol. The molecule has 19 heavy (non-hydrogen) atoms. The van der Waals surface area contributed by atoms with E-state index in [9.17, 15) is 13.0 Å². The van der Waals surface area contributed by atoms with Gasteiger partial charge in [0.25, 0.3) is 0 Å². The normalized spacial score (nSPS) is 12.4. The summed E-state index contributed by atoms with van der Waals surface area (Å²) in [6, 6.07) is 8.10. The Labute approximate surface area is 120 Å². The predicted octanol–water partition coefficient (Wildman–Crippen LogP) is 3.62. The molecule has 2 aromatic carbocycles. The zero-order chi connectivity index (χ0) is 14.0. The fourth-order valence-electron chi connectivity index (χ4n) is 1.63. The molecule has 0 aromatic heterocycles. The van der Waals surface area contributed by atoms with Gasteiger partial charge in [-0.3, -0.25) is 4.21 Å². The van der Waals surface area contributed by atoms with Crippen molar-refractivity contribution < 1.29 is 13.0 Å². The minimum atomic E-state index is -1.46. The van der Waals surface area contributed by atoms with Gasteiger partial charge in [0.2, 0.25) is 0 Å². The van der Waals surface area contributed by atoms with Gasteiger partial charge in [-0.05, 0) is 35.9 Å². The Morgan fingerprint density at radius 1 is 1.11 bits per heavy atom. The molecule has 0 bridgehead atoms. The van der Waals surface area contributed by atoms with E-state index >= 15 is 0 Å². The molecule has 0 saturated carbocycles. The smallest absolute Gasteiger partial charge is 0.126 e. The average Bonchev–Trinajstić information content (AvgIpc) is 2.30. The maximum Gasteiger partial charge on any atom is 0.126 e. The monoisotopic (exact) mass is 345 g/mol. The Kier molecular flexibility index (Phi) is 4.31. The van der Waals surface area contributed by atoms with Crippen LogP contribution < -0.4 is 5.73 Å². The van der Waals surface area contributed by atoms with Gasteiger partial charge in [0, 0.05) is 16.2 Å². The van der Waals surface area contributed by atoms with Crippen molar-refractivity contribution in [1.82, 2.24) is 0 Å². The summed E-state index contributed by atoms with van der Waals surface area (Å²) in [5.74, 6) is -1.36. The molecule has 2 rings (SSSR count). The van der Waals surface area contributed by atoms with E-state index in [-0.39, 0.29) is 5.75 Å². The summed E-state index contributed by atoms with van der Waals surface area (Å²) in [5, 5.41) is 0. The lowest BCUT2D eigenvalue weighted by Crippen LogP contribution is -2.01. The van der Waals surface area contributed by atoms with Gasteiger partial charge in [-0.2, -0.15) is 0 Å². The highest BCUT2D eigenvalue weighted by molar-refractivity contribution is 9.10. The van der Waals surface area contributed by atoms with E-state index in [4.69, 9.17) is 5.73 Å². The Balaban J connectivity index is 2.28. The third kappa shape index (κ3) is 3.61. The molecule has 2 nitrogen and oxygen atoms in total. The van der Waals surface area contributed by atoms with Gasteiger partial charge < -0.3 is 5.73 Å². The average molecular weight is 346 g/mol. The summed E-state index contributed by atoms with van der Waals surface area (Å²) in [5.41, 5.74) is 6.46. The number of nitrogens with two attached hydrogens (primary N) is 1. The van der Waals surface area contributed by atoms with Crippen molar-refractivity contribution >= 4 is 32.4 Å². The lowest BCUT2D eigenvalue weighted by atomic mass is 10.2. The van der Waals surface area contributed by atoms with Crippen molar-refractivity contribution in [1.29, 1.82) is 0 Å². The lowest BCUT2D eigenvalue weighted by molar-refractivity contribution is 0.581. The summed E-state index contributed by atoms with van der Waals surface area (Å²) in [4.78, 5) is 0.444. The topological polar surface area (TPSA) is 43.1 Å². The Morgan fingerprint density at radius 3 is 2.37 bits per heavy atom. The third-order valence-corrected chi connectivity index (χ3v) is 4.37. The molecule has 0 heterocycles. The maximum atomic E-state index is 13.1.